The number of carbonyl (C=O) groups excluding carboxylic acids is 1. The highest BCUT2D eigenvalue weighted by Gasteiger charge is 2.28. The van der Waals surface area contributed by atoms with E-state index in [9.17, 15) is 4.79 Å². The molecule has 1 atom stereocenters. The first-order chi connectivity index (χ1) is 8.70. The van der Waals surface area contributed by atoms with Crippen molar-refractivity contribution in [2.24, 2.45) is 0 Å². The van der Waals surface area contributed by atoms with E-state index in [0.29, 0.717) is 6.54 Å². The van der Waals surface area contributed by atoms with Gasteiger partial charge in [0.05, 0.1) is 6.54 Å². The monoisotopic (exact) mass is 268 g/mol. The molecule has 0 radical (unpaired) electrons. The molecule has 1 saturated heterocycles. The number of carbonyl (C=O) groups is 1. The van der Waals surface area contributed by atoms with Gasteiger partial charge in [0.2, 0.25) is 5.91 Å². The lowest BCUT2D eigenvalue weighted by molar-refractivity contribution is -0.127. The highest BCUT2D eigenvalue weighted by molar-refractivity contribution is 7.09. The molecule has 1 aliphatic heterocycles. The average Bonchev–Trinajstić information content (AvgIpc) is 2.76. The highest BCUT2D eigenvalue weighted by Crippen LogP contribution is 2.14. The number of thiazole rings is 1. The molecular weight excluding hydrogens is 248 g/mol. The smallest absolute Gasteiger partial charge is 0.238 e. The van der Waals surface area contributed by atoms with Crippen LogP contribution in [0.15, 0.2) is 5.38 Å². The van der Waals surface area contributed by atoms with E-state index >= 15 is 0 Å². The Hall–Kier alpha value is -0.980. The van der Waals surface area contributed by atoms with Crippen LogP contribution in [0.25, 0.3) is 0 Å². The maximum Gasteiger partial charge on any atom is 0.238 e. The number of hydrogen-bond donors (Lipinski definition) is 2. The SMILES string of the molecule is CCNC(=O)C1CNCCN1Cc1nc(C)cs1. The third kappa shape index (κ3) is 3.28. The molecule has 2 N–H and O–H groups in total. The topological polar surface area (TPSA) is 57.3 Å². The van der Waals surface area contributed by atoms with Gasteiger partial charge >= 0.3 is 0 Å². The van der Waals surface area contributed by atoms with E-state index in [2.05, 4.69) is 25.9 Å². The molecule has 1 unspecified atom stereocenters. The molecule has 1 amide bonds. The van der Waals surface area contributed by atoms with E-state index < -0.39 is 0 Å². The summed E-state index contributed by atoms with van der Waals surface area (Å²) in [5.41, 5.74) is 1.06. The van der Waals surface area contributed by atoms with Gasteiger partial charge in [-0.25, -0.2) is 4.98 Å². The molecule has 1 aliphatic rings. The summed E-state index contributed by atoms with van der Waals surface area (Å²) in [5, 5.41) is 9.32. The highest BCUT2D eigenvalue weighted by atomic mass is 32.1. The van der Waals surface area contributed by atoms with E-state index in [1.54, 1.807) is 11.3 Å². The Bertz CT molecular complexity index is 407. The minimum absolute atomic E-state index is 0.0806. The van der Waals surface area contributed by atoms with E-state index in [1.165, 1.54) is 0 Å². The number of nitrogens with one attached hydrogen (secondary N) is 2. The quantitative estimate of drug-likeness (QED) is 0.828. The summed E-state index contributed by atoms with van der Waals surface area (Å²) in [6.07, 6.45) is 0. The zero-order valence-corrected chi connectivity index (χ0v) is 11.7. The second-order valence-corrected chi connectivity index (χ2v) is 5.41. The van der Waals surface area contributed by atoms with Crippen LogP contribution in [0.1, 0.15) is 17.6 Å². The molecule has 1 aromatic heterocycles. The number of amides is 1. The van der Waals surface area contributed by atoms with Crippen molar-refractivity contribution in [3.05, 3.63) is 16.1 Å². The average molecular weight is 268 g/mol. The number of nitrogens with zero attached hydrogens (tertiary/aromatic N) is 2. The summed E-state index contributed by atoms with van der Waals surface area (Å²) in [5.74, 6) is 0.109. The summed E-state index contributed by atoms with van der Waals surface area (Å²) in [7, 11) is 0. The van der Waals surface area contributed by atoms with Crippen molar-refractivity contribution in [3.63, 3.8) is 0 Å². The fourth-order valence-electron chi connectivity index (χ4n) is 2.14. The van der Waals surface area contributed by atoms with E-state index in [4.69, 9.17) is 0 Å². The molecule has 0 saturated carbocycles. The van der Waals surface area contributed by atoms with Crippen molar-refractivity contribution in [1.82, 2.24) is 20.5 Å². The first-order valence-corrected chi connectivity index (χ1v) is 7.22. The maximum atomic E-state index is 12.0. The lowest BCUT2D eigenvalue weighted by Crippen LogP contribution is -2.57. The normalized spacial score (nSPS) is 20.9. The second-order valence-electron chi connectivity index (χ2n) is 4.47. The summed E-state index contributed by atoms with van der Waals surface area (Å²) in [4.78, 5) is 18.7. The van der Waals surface area contributed by atoms with Crippen molar-refractivity contribution in [1.29, 1.82) is 0 Å². The molecule has 1 aromatic rings. The third-order valence-corrected chi connectivity index (χ3v) is 3.96. The van der Waals surface area contributed by atoms with Crippen molar-refractivity contribution in [2.45, 2.75) is 26.4 Å². The summed E-state index contributed by atoms with van der Waals surface area (Å²) >= 11 is 1.67. The van der Waals surface area contributed by atoms with Crippen LogP contribution in [0, 0.1) is 6.92 Å². The van der Waals surface area contributed by atoms with Crippen molar-refractivity contribution in [2.75, 3.05) is 26.2 Å². The van der Waals surface area contributed by atoms with Gasteiger partial charge in [-0.15, -0.1) is 11.3 Å². The Balaban J connectivity index is 2.01. The zero-order valence-electron chi connectivity index (χ0n) is 10.9. The number of likely N-dealkylation sites (N-methyl/N-ethyl adjacent to an activating group) is 1. The molecule has 2 rings (SSSR count). The number of aromatic nitrogens is 1. The van der Waals surface area contributed by atoms with Gasteiger partial charge < -0.3 is 10.6 Å². The molecule has 5 nitrogen and oxygen atoms in total. The number of piperazine rings is 1. The number of hydrogen-bond acceptors (Lipinski definition) is 5. The standard InChI is InChI=1S/C12H20N4OS/c1-3-14-12(17)10-6-13-4-5-16(10)7-11-15-9(2)8-18-11/h8,10,13H,3-7H2,1-2H3,(H,14,17). The first kappa shape index (κ1) is 13.5. The molecule has 2 heterocycles. The molecule has 0 bridgehead atoms. The fourth-order valence-corrected chi connectivity index (χ4v) is 2.93. The van der Waals surface area contributed by atoms with E-state index in [0.717, 1.165) is 36.9 Å². The van der Waals surface area contributed by atoms with Gasteiger partial charge in [0.15, 0.2) is 0 Å². The molecule has 100 valence electrons. The van der Waals surface area contributed by atoms with Crippen LogP contribution in [0.5, 0.6) is 0 Å². The fraction of sp³-hybridized carbons (Fsp3) is 0.667. The van der Waals surface area contributed by atoms with Gasteiger partial charge in [-0.05, 0) is 13.8 Å². The van der Waals surface area contributed by atoms with Gasteiger partial charge in [0.1, 0.15) is 11.0 Å². The Morgan fingerprint density at radius 1 is 1.72 bits per heavy atom. The van der Waals surface area contributed by atoms with E-state index in [-0.39, 0.29) is 11.9 Å². The molecular formula is C12H20N4OS. The Kier molecular flexibility index (Phi) is 4.68. The molecule has 0 aliphatic carbocycles. The first-order valence-electron chi connectivity index (χ1n) is 6.34. The number of aryl methyl sites for hydroxylation is 1. The lowest BCUT2D eigenvalue weighted by atomic mass is 10.1. The van der Waals surface area contributed by atoms with Crippen molar-refractivity contribution < 1.29 is 4.79 Å². The van der Waals surface area contributed by atoms with Gasteiger partial charge in [0.25, 0.3) is 0 Å². The molecule has 1 fully saturated rings. The predicted octanol–water partition coefficient (Wildman–Crippen LogP) is 0.361. The largest absolute Gasteiger partial charge is 0.355 e. The Labute approximate surface area is 112 Å². The van der Waals surface area contributed by atoms with E-state index in [1.807, 2.05) is 13.8 Å². The minimum Gasteiger partial charge on any atom is -0.355 e. The van der Waals surface area contributed by atoms with Crippen LogP contribution in [0.4, 0.5) is 0 Å². The van der Waals surface area contributed by atoms with Crippen LogP contribution in [0.3, 0.4) is 0 Å². The third-order valence-electron chi connectivity index (χ3n) is 3.01. The zero-order chi connectivity index (χ0) is 13.0. The minimum atomic E-state index is -0.0806. The Morgan fingerprint density at radius 2 is 2.56 bits per heavy atom. The molecule has 0 spiro atoms. The van der Waals surface area contributed by atoms with Crippen molar-refractivity contribution in [3.8, 4) is 0 Å². The molecule has 0 aromatic carbocycles. The van der Waals surface area contributed by atoms with Gasteiger partial charge in [0, 0.05) is 37.3 Å². The van der Waals surface area contributed by atoms with Crippen LogP contribution in [-0.4, -0.2) is 48.0 Å². The summed E-state index contributed by atoms with van der Waals surface area (Å²) in [6, 6.07) is -0.0806. The molecule has 18 heavy (non-hydrogen) atoms. The van der Waals surface area contributed by atoms with Crippen molar-refractivity contribution >= 4 is 17.2 Å². The van der Waals surface area contributed by atoms with Crippen LogP contribution in [-0.2, 0) is 11.3 Å². The number of rotatable bonds is 4. The predicted molar refractivity (Wildman–Crippen MR) is 72.6 cm³/mol. The van der Waals surface area contributed by atoms with Gasteiger partial charge in [-0.3, -0.25) is 9.69 Å². The van der Waals surface area contributed by atoms with Crippen LogP contribution >= 0.6 is 11.3 Å². The van der Waals surface area contributed by atoms with Crippen LogP contribution in [0.2, 0.25) is 0 Å². The van der Waals surface area contributed by atoms with Gasteiger partial charge in [-0.2, -0.15) is 0 Å². The van der Waals surface area contributed by atoms with Gasteiger partial charge in [-0.1, -0.05) is 0 Å². The van der Waals surface area contributed by atoms with Crippen LogP contribution < -0.4 is 10.6 Å². The lowest BCUT2D eigenvalue weighted by Gasteiger charge is -2.34. The second kappa shape index (κ2) is 6.26. The summed E-state index contributed by atoms with van der Waals surface area (Å²) < 4.78 is 0. The maximum absolute atomic E-state index is 12.0. The Morgan fingerprint density at radius 3 is 3.22 bits per heavy atom. The summed E-state index contributed by atoms with van der Waals surface area (Å²) in [6.45, 7) is 7.93. The molecule has 6 heteroatoms.